The largest absolute Gasteiger partial charge is 0.309 e. The fourth-order valence-corrected chi connectivity index (χ4v) is 9.44. The van der Waals surface area contributed by atoms with Crippen LogP contribution in [0.3, 0.4) is 0 Å². The van der Waals surface area contributed by atoms with Gasteiger partial charge >= 0.3 is 0 Å². The van der Waals surface area contributed by atoms with E-state index >= 15 is 0 Å². The molecule has 0 spiro atoms. The van der Waals surface area contributed by atoms with Gasteiger partial charge in [-0.25, -0.2) is 0 Å². The lowest BCUT2D eigenvalue weighted by Crippen LogP contribution is -1.97. The Balaban J connectivity index is 1.33. The minimum Gasteiger partial charge on any atom is -0.309 e. The monoisotopic (exact) mass is 666 g/mol. The molecule has 0 saturated heterocycles. The van der Waals surface area contributed by atoms with Crippen molar-refractivity contribution in [3.05, 3.63) is 182 Å². The van der Waals surface area contributed by atoms with Crippen LogP contribution in [0, 0.1) is 0 Å². The number of fused-ring (bicyclic) bond motifs is 10. The molecule has 0 N–H and O–H groups in total. The van der Waals surface area contributed by atoms with E-state index in [1.165, 1.54) is 86.0 Å². The number of rotatable bonds is 4. The van der Waals surface area contributed by atoms with E-state index in [1.54, 1.807) is 0 Å². The van der Waals surface area contributed by atoms with E-state index in [2.05, 4.69) is 191 Å². The minimum atomic E-state index is 1.15. The van der Waals surface area contributed by atoms with Crippen LogP contribution < -0.4 is 0 Å². The number of aromatic nitrogens is 2. The highest BCUT2D eigenvalue weighted by Gasteiger charge is 2.22. The molecular weight excluding hydrogens is 637 g/mol. The van der Waals surface area contributed by atoms with Crippen LogP contribution >= 0.6 is 11.3 Å². The summed E-state index contributed by atoms with van der Waals surface area (Å²) >= 11 is 1.90. The maximum absolute atomic E-state index is 2.55. The van der Waals surface area contributed by atoms with Gasteiger partial charge in [-0.3, -0.25) is 0 Å². The molecule has 0 radical (unpaired) electrons. The zero-order valence-corrected chi connectivity index (χ0v) is 28.4. The summed E-state index contributed by atoms with van der Waals surface area (Å²) in [5.74, 6) is 0. The Kier molecular flexibility index (Phi) is 6.16. The lowest BCUT2D eigenvalue weighted by atomic mass is 9.98. The molecule has 238 valence electrons. The molecule has 0 atom stereocenters. The molecule has 0 aliphatic carbocycles. The number of nitrogens with zero attached hydrogens (tertiary/aromatic N) is 2. The van der Waals surface area contributed by atoms with Gasteiger partial charge in [-0.1, -0.05) is 127 Å². The molecule has 8 aromatic carbocycles. The molecule has 0 bridgehead atoms. The first-order valence-electron chi connectivity index (χ1n) is 17.4. The summed E-state index contributed by atoms with van der Waals surface area (Å²) in [6.45, 7) is 0. The Morgan fingerprint density at radius 1 is 0.314 bits per heavy atom. The van der Waals surface area contributed by atoms with Crippen molar-refractivity contribution in [2.45, 2.75) is 0 Å². The Bertz CT molecular complexity index is 3050. The van der Waals surface area contributed by atoms with E-state index in [-0.39, 0.29) is 0 Å². The van der Waals surface area contributed by atoms with E-state index in [4.69, 9.17) is 0 Å². The van der Waals surface area contributed by atoms with Crippen LogP contribution in [0.1, 0.15) is 0 Å². The predicted molar refractivity (Wildman–Crippen MR) is 219 cm³/mol. The third kappa shape index (κ3) is 4.29. The van der Waals surface area contributed by atoms with Gasteiger partial charge in [0, 0.05) is 48.4 Å². The minimum absolute atomic E-state index is 1.15. The van der Waals surface area contributed by atoms with Gasteiger partial charge in [0.2, 0.25) is 0 Å². The Morgan fingerprint density at radius 2 is 0.882 bits per heavy atom. The van der Waals surface area contributed by atoms with Gasteiger partial charge in [-0.05, 0) is 76.9 Å². The third-order valence-corrected chi connectivity index (χ3v) is 11.7. The summed E-state index contributed by atoms with van der Waals surface area (Å²) in [4.78, 5) is 0. The summed E-state index contributed by atoms with van der Waals surface area (Å²) in [7, 11) is 0. The fraction of sp³-hybridized carbons (Fsp3) is 0. The molecule has 0 fully saturated rings. The van der Waals surface area contributed by atoms with Crippen molar-refractivity contribution >= 4 is 75.1 Å². The average Bonchev–Trinajstić information content (AvgIpc) is 3.85. The predicted octanol–water partition coefficient (Wildman–Crippen LogP) is 13.6. The molecule has 0 unspecified atom stereocenters. The zero-order valence-electron chi connectivity index (χ0n) is 27.6. The van der Waals surface area contributed by atoms with Gasteiger partial charge in [-0.15, -0.1) is 11.3 Å². The van der Waals surface area contributed by atoms with Crippen LogP contribution in [-0.4, -0.2) is 9.13 Å². The van der Waals surface area contributed by atoms with Crippen molar-refractivity contribution in [2.24, 2.45) is 0 Å². The van der Waals surface area contributed by atoms with E-state index in [0.29, 0.717) is 0 Å². The number of hydrogen-bond donors (Lipinski definition) is 0. The maximum Gasteiger partial charge on any atom is 0.0719 e. The summed E-state index contributed by atoms with van der Waals surface area (Å²) in [6.07, 6.45) is 0. The summed E-state index contributed by atoms with van der Waals surface area (Å²) in [5.41, 5.74) is 12.0. The molecule has 3 aromatic heterocycles. The van der Waals surface area contributed by atoms with Crippen molar-refractivity contribution in [2.75, 3.05) is 0 Å². The number of benzene rings is 8. The smallest absolute Gasteiger partial charge is 0.0719 e. The molecule has 11 rings (SSSR count). The summed E-state index contributed by atoms with van der Waals surface area (Å²) in [5, 5.41) is 7.68. The van der Waals surface area contributed by atoms with Crippen LogP contribution in [0.5, 0.6) is 0 Å². The first kappa shape index (κ1) is 28.4. The molecular formula is C48H30N2S. The van der Waals surface area contributed by atoms with Crippen molar-refractivity contribution < 1.29 is 0 Å². The highest BCUT2D eigenvalue weighted by molar-refractivity contribution is 7.26. The van der Waals surface area contributed by atoms with Crippen LogP contribution in [0.2, 0.25) is 0 Å². The second-order valence-electron chi connectivity index (χ2n) is 13.3. The van der Waals surface area contributed by atoms with E-state index in [0.717, 1.165) is 11.4 Å². The van der Waals surface area contributed by atoms with E-state index < -0.39 is 0 Å². The molecule has 0 aliphatic rings. The van der Waals surface area contributed by atoms with Crippen LogP contribution in [0.15, 0.2) is 182 Å². The lowest BCUT2D eigenvalue weighted by molar-refractivity contribution is 1.17. The zero-order chi connectivity index (χ0) is 33.5. The van der Waals surface area contributed by atoms with Crippen LogP contribution in [-0.2, 0) is 0 Å². The Hall–Kier alpha value is -6.42. The Morgan fingerprint density at radius 3 is 1.61 bits per heavy atom. The Labute approximate surface area is 298 Å². The quantitative estimate of drug-likeness (QED) is 0.177. The highest BCUT2D eigenvalue weighted by Crippen LogP contribution is 2.46. The molecule has 0 saturated carbocycles. The molecule has 3 heterocycles. The van der Waals surface area contributed by atoms with E-state index in [9.17, 15) is 0 Å². The first-order chi connectivity index (χ1) is 25.3. The normalized spacial score (nSPS) is 11.9. The highest BCUT2D eigenvalue weighted by atomic mass is 32.1. The SMILES string of the molecule is c1ccc(-c2cc(-c3ccccc3)cc(-n3c4cc5c(cc4c4ccc6c7ccccc7sc6c43)c3ccccc3n5-c3ccccc3)c2)cc1. The third-order valence-electron chi connectivity index (χ3n) is 10.5. The van der Waals surface area contributed by atoms with Gasteiger partial charge in [-0.2, -0.15) is 0 Å². The average molecular weight is 667 g/mol. The van der Waals surface area contributed by atoms with Gasteiger partial charge < -0.3 is 9.13 Å². The lowest BCUT2D eigenvalue weighted by Gasteiger charge is -2.15. The summed E-state index contributed by atoms with van der Waals surface area (Å²) < 4.78 is 7.60. The maximum atomic E-state index is 2.55. The molecule has 0 aliphatic heterocycles. The van der Waals surface area contributed by atoms with Gasteiger partial charge in [0.15, 0.2) is 0 Å². The van der Waals surface area contributed by atoms with Crippen LogP contribution in [0.4, 0.5) is 0 Å². The number of hydrogen-bond acceptors (Lipinski definition) is 1. The van der Waals surface area contributed by atoms with Crippen molar-refractivity contribution in [1.29, 1.82) is 0 Å². The van der Waals surface area contributed by atoms with Crippen molar-refractivity contribution in [3.8, 4) is 33.6 Å². The molecule has 11 aromatic rings. The fourth-order valence-electron chi connectivity index (χ4n) is 8.20. The standard InChI is InChI=1S/C48H30N2S/c1-4-14-31(15-5-1)33-26-34(32-16-6-2-7-17-32)28-36(27-33)50-45-30-44-41(37-20-10-12-22-43(37)49(44)35-18-8-3-9-19-35)29-42(45)39-24-25-40-38-21-11-13-23-46(38)51-48(40)47(39)50/h1-30H. The van der Waals surface area contributed by atoms with Gasteiger partial charge in [0.1, 0.15) is 0 Å². The molecule has 2 nitrogen and oxygen atoms in total. The first-order valence-corrected chi connectivity index (χ1v) is 18.3. The second-order valence-corrected chi connectivity index (χ2v) is 14.4. The number of para-hydroxylation sites is 2. The topological polar surface area (TPSA) is 9.86 Å². The number of thiophene rings is 1. The molecule has 51 heavy (non-hydrogen) atoms. The summed E-state index contributed by atoms with van der Waals surface area (Å²) in [6, 6.07) is 66.6. The molecule has 3 heteroatoms. The van der Waals surface area contributed by atoms with Crippen LogP contribution in [0.25, 0.3) is 97.4 Å². The van der Waals surface area contributed by atoms with Gasteiger partial charge in [0.05, 0.1) is 26.8 Å². The van der Waals surface area contributed by atoms with Crippen molar-refractivity contribution in [3.63, 3.8) is 0 Å². The second kappa shape index (κ2) is 11.0. The van der Waals surface area contributed by atoms with E-state index in [1.807, 2.05) is 11.3 Å². The van der Waals surface area contributed by atoms with Gasteiger partial charge in [0.25, 0.3) is 0 Å². The van der Waals surface area contributed by atoms with Crippen molar-refractivity contribution in [1.82, 2.24) is 9.13 Å². The molecule has 0 amide bonds.